The second kappa shape index (κ2) is 4.85. The van der Waals surface area contributed by atoms with E-state index in [0.717, 1.165) is 11.3 Å². The van der Waals surface area contributed by atoms with Gasteiger partial charge in [0.1, 0.15) is 5.15 Å². The molecular formula is C12H11ClN2S. The second-order valence-electron chi connectivity index (χ2n) is 3.38. The van der Waals surface area contributed by atoms with E-state index >= 15 is 0 Å². The summed E-state index contributed by atoms with van der Waals surface area (Å²) in [5.41, 5.74) is 1.87. The summed E-state index contributed by atoms with van der Waals surface area (Å²) in [6, 6.07) is 9.88. The average molecular weight is 251 g/mol. The van der Waals surface area contributed by atoms with Crippen LogP contribution in [0.1, 0.15) is 5.69 Å². The van der Waals surface area contributed by atoms with E-state index in [2.05, 4.69) is 28.4 Å². The molecule has 1 heterocycles. The molecule has 4 heteroatoms. The lowest BCUT2D eigenvalue weighted by Crippen LogP contribution is -1.91. The minimum Gasteiger partial charge on any atom is -0.233 e. The first-order valence-electron chi connectivity index (χ1n) is 4.84. The highest BCUT2D eigenvalue weighted by Crippen LogP contribution is 2.21. The maximum atomic E-state index is 5.90. The van der Waals surface area contributed by atoms with Gasteiger partial charge >= 0.3 is 0 Å². The topological polar surface area (TPSA) is 25.8 Å². The molecule has 2 aromatic rings. The first kappa shape index (κ1) is 11.4. The van der Waals surface area contributed by atoms with E-state index < -0.39 is 0 Å². The molecule has 0 atom stereocenters. The van der Waals surface area contributed by atoms with Crippen LogP contribution in [0.25, 0.3) is 11.4 Å². The predicted molar refractivity (Wildman–Crippen MR) is 69.0 cm³/mol. The van der Waals surface area contributed by atoms with E-state index in [1.54, 1.807) is 17.8 Å². The molecule has 0 spiro atoms. The number of thioether (sulfide) groups is 1. The van der Waals surface area contributed by atoms with Gasteiger partial charge < -0.3 is 0 Å². The zero-order chi connectivity index (χ0) is 11.5. The quantitative estimate of drug-likeness (QED) is 0.599. The Bertz CT molecular complexity index is 477. The van der Waals surface area contributed by atoms with Crippen LogP contribution in [0.2, 0.25) is 5.15 Å². The Morgan fingerprint density at radius 2 is 1.81 bits per heavy atom. The molecule has 82 valence electrons. The molecule has 0 radical (unpaired) electrons. The highest BCUT2D eigenvalue weighted by Gasteiger charge is 2.03. The minimum atomic E-state index is 0.483. The molecule has 1 aromatic heterocycles. The monoisotopic (exact) mass is 250 g/mol. The summed E-state index contributed by atoms with van der Waals surface area (Å²) in [4.78, 5) is 9.79. The number of nitrogens with zero attached hydrogens (tertiary/aromatic N) is 2. The van der Waals surface area contributed by atoms with Crippen molar-refractivity contribution in [2.24, 2.45) is 0 Å². The molecule has 0 fully saturated rings. The van der Waals surface area contributed by atoms with Crippen molar-refractivity contribution < 1.29 is 0 Å². The fourth-order valence-electron chi connectivity index (χ4n) is 1.40. The van der Waals surface area contributed by atoms with Crippen LogP contribution in [0.5, 0.6) is 0 Å². The van der Waals surface area contributed by atoms with E-state index in [0.29, 0.717) is 11.0 Å². The SMILES string of the molecule is CSc1ccc(-c2nc(C)cc(Cl)n2)cc1. The van der Waals surface area contributed by atoms with Crippen molar-refractivity contribution in [3.05, 3.63) is 41.2 Å². The summed E-state index contributed by atoms with van der Waals surface area (Å²) in [6.45, 7) is 1.91. The number of aryl methyl sites for hydroxylation is 1. The molecule has 0 saturated carbocycles. The lowest BCUT2D eigenvalue weighted by molar-refractivity contribution is 1.11. The van der Waals surface area contributed by atoms with Gasteiger partial charge in [0.25, 0.3) is 0 Å². The van der Waals surface area contributed by atoms with Crippen LogP contribution in [0.4, 0.5) is 0 Å². The molecular weight excluding hydrogens is 240 g/mol. The van der Waals surface area contributed by atoms with Crippen LogP contribution in [-0.2, 0) is 0 Å². The number of halogens is 1. The van der Waals surface area contributed by atoms with Gasteiger partial charge in [-0.25, -0.2) is 9.97 Å². The molecule has 16 heavy (non-hydrogen) atoms. The van der Waals surface area contributed by atoms with E-state index in [-0.39, 0.29) is 0 Å². The van der Waals surface area contributed by atoms with Gasteiger partial charge in [0.2, 0.25) is 0 Å². The van der Waals surface area contributed by atoms with Crippen LogP contribution >= 0.6 is 23.4 Å². The van der Waals surface area contributed by atoms with E-state index in [4.69, 9.17) is 11.6 Å². The van der Waals surface area contributed by atoms with Crippen LogP contribution in [-0.4, -0.2) is 16.2 Å². The highest BCUT2D eigenvalue weighted by molar-refractivity contribution is 7.98. The fraction of sp³-hybridized carbons (Fsp3) is 0.167. The lowest BCUT2D eigenvalue weighted by Gasteiger charge is -2.03. The van der Waals surface area contributed by atoms with Crippen LogP contribution in [0.3, 0.4) is 0 Å². The summed E-state index contributed by atoms with van der Waals surface area (Å²) in [5, 5.41) is 0.483. The fourth-order valence-corrected chi connectivity index (χ4v) is 2.05. The average Bonchev–Trinajstić information content (AvgIpc) is 2.28. The number of benzene rings is 1. The number of hydrogen-bond acceptors (Lipinski definition) is 3. The molecule has 0 unspecified atom stereocenters. The van der Waals surface area contributed by atoms with Gasteiger partial charge in [-0.05, 0) is 31.4 Å². The lowest BCUT2D eigenvalue weighted by atomic mass is 10.2. The maximum Gasteiger partial charge on any atom is 0.161 e. The third-order valence-electron chi connectivity index (χ3n) is 2.17. The van der Waals surface area contributed by atoms with Gasteiger partial charge in [0.15, 0.2) is 5.82 Å². The molecule has 0 aliphatic heterocycles. The Hall–Kier alpha value is -1.06. The molecule has 0 amide bonds. The Kier molecular flexibility index (Phi) is 3.46. The van der Waals surface area contributed by atoms with Crippen molar-refractivity contribution in [1.29, 1.82) is 0 Å². The summed E-state index contributed by atoms with van der Waals surface area (Å²) in [7, 11) is 0. The van der Waals surface area contributed by atoms with E-state index in [1.807, 2.05) is 19.1 Å². The van der Waals surface area contributed by atoms with Gasteiger partial charge in [-0.15, -0.1) is 11.8 Å². The first-order chi connectivity index (χ1) is 7.69. The Balaban J connectivity index is 2.42. The predicted octanol–water partition coefficient (Wildman–Crippen LogP) is 3.83. The zero-order valence-corrected chi connectivity index (χ0v) is 10.6. The third kappa shape index (κ3) is 2.54. The first-order valence-corrected chi connectivity index (χ1v) is 6.45. The van der Waals surface area contributed by atoms with Crippen molar-refractivity contribution in [1.82, 2.24) is 9.97 Å². The number of aromatic nitrogens is 2. The molecule has 0 saturated heterocycles. The molecule has 0 aliphatic carbocycles. The Morgan fingerprint density at radius 1 is 1.12 bits per heavy atom. The van der Waals surface area contributed by atoms with Gasteiger partial charge in [-0.1, -0.05) is 23.7 Å². The van der Waals surface area contributed by atoms with Crippen molar-refractivity contribution in [2.75, 3.05) is 6.26 Å². The van der Waals surface area contributed by atoms with Gasteiger partial charge in [0, 0.05) is 16.2 Å². The van der Waals surface area contributed by atoms with Crippen LogP contribution in [0.15, 0.2) is 35.2 Å². The largest absolute Gasteiger partial charge is 0.233 e. The van der Waals surface area contributed by atoms with Gasteiger partial charge in [-0.3, -0.25) is 0 Å². The molecule has 0 N–H and O–H groups in total. The highest BCUT2D eigenvalue weighted by atomic mass is 35.5. The van der Waals surface area contributed by atoms with Crippen molar-refractivity contribution in [3.8, 4) is 11.4 Å². The van der Waals surface area contributed by atoms with Gasteiger partial charge in [-0.2, -0.15) is 0 Å². The van der Waals surface area contributed by atoms with Crippen molar-refractivity contribution >= 4 is 23.4 Å². The third-order valence-corrected chi connectivity index (χ3v) is 3.11. The van der Waals surface area contributed by atoms with E-state index in [1.165, 1.54) is 4.90 Å². The summed E-state index contributed by atoms with van der Waals surface area (Å²) < 4.78 is 0. The minimum absolute atomic E-state index is 0.483. The maximum absolute atomic E-state index is 5.90. The number of rotatable bonds is 2. The molecule has 2 nitrogen and oxygen atoms in total. The normalized spacial score (nSPS) is 10.4. The summed E-state index contributed by atoms with van der Waals surface area (Å²) >= 11 is 7.62. The van der Waals surface area contributed by atoms with Crippen molar-refractivity contribution in [3.63, 3.8) is 0 Å². The molecule has 1 aromatic carbocycles. The molecule has 2 rings (SSSR count). The van der Waals surface area contributed by atoms with Gasteiger partial charge in [0.05, 0.1) is 0 Å². The van der Waals surface area contributed by atoms with Crippen LogP contribution in [0, 0.1) is 6.92 Å². The van der Waals surface area contributed by atoms with Crippen molar-refractivity contribution in [2.45, 2.75) is 11.8 Å². The Labute approximate surface area is 104 Å². The summed E-state index contributed by atoms with van der Waals surface area (Å²) in [6.07, 6.45) is 2.05. The Morgan fingerprint density at radius 3 is 2.38 bits per heavy atom. The standard InChI is InChI=1S/C12H11ClN2S/c1-8-7-11(13)15-12(14-8)9-3-5-10(16-2)6-4-9/h3-7H,1-2H3. The molecule has 0 bridgehead atoms. The zero-order valence-electron chi connectivity index (χ0n) is 9.07. The van der Waals surface area contributed by atoms with E-state index in [9.17, 15) is 0 Å². The molecule has 0 aliphatic rings. The second-order valence-corrected chi connectivity index (χ2v) is 4.65. The smallest absolute Gasteiger partial charge is 0.161 e. The summed E-state index contributed by atoms with van der Waals surface area (Å²) in [5.74, 6) is 0.678. The number of hydrogen-bond donors (Lipinski definition) is 0. The van der Waals surface area contributed by atoms with Crippen LogP contribution < -0.4 is 0 Å².